The minimum Gasteiger partial charge on any atom is -0.387 e. The van der Waals surface area contributed by atoms with Crippen molar-refractivity contribution >= 4 is 0 Å². The van der Waals surface area contributed by atoms with Gasteiger partial charge in [-0.2, -0.15) is 0 Å². The van der Waals surface area contributed by atoms with Gasteiger partial charge in [-0.1, -0.05) is 74.0 Å². The molecule has 0 aliphatic carbocycles. The Labute approximate surface area is 121 Å². The second-order valence-electron chi connectivity index (χ2n) is 5.09. The standard InChI is InChI=1S/C18H23NO/c1-2-9-17(15-10-5-3-6-11-15)19-14-18(20)16-12-7-4-8-13-16/h3-8,10-13,17-20H,2,9,14H2,1H3. The molecule has 2 unspecified atom stereocenters. The lowest BCUT2D eigenvalue weighted by atomic mass is 10.0. The number of hydrogen-bond donors (Lipinski definition) is 2. The van der Waals surface area contributed by atoms with E-state index in [-0.39, 0.29) is 0 Å². The van der Waals surface area contributed by atoms with Crippen LogP contribution < -0.4 is 5.32 Å². The van der Waals surface area contributed by atoms with Crippen LogP contribution in [0.3, 0.4) is 0 Å². The molecule has 106 valence electrons. The van der Waals surface area contributed by atoms with Gasteiger partial charge in [0.1, 0.15) is 0 Å². The van der Waals surface area contributed by atoms with Crippen LogP contribution in [0.15, 0.2) is 60.7 Å². The minimum absolute atomic E-state index is 0.305. The van der Waals surface area contributed by atoms with E-state index < -0.39 is 6.10 Å². The fraction of sp³-hybridized carbons (Fsp3) is 0.333. The molecule has 0 radical (unpaired) electrons. The highest BCUT2D eigenvalue weighted by molar-refractivity contribution is 5.20. The molecular weight excluding hydrogens is 246 g/mol. The lowest BCUT2D eigenvalue weighted by Gasteiger charge is -2.21. The lowest BCUT2D eigenvalue weighted by molar-refractivity contribution is 0.169. The van der Waals surface area contributed by atoms with Crippen molar-refractivity contribution in [2.45, 2.75) is 31.9 Å². The first kappa shape index (κ1) is 14.8. The molecule has 2 aromatic rings. The summed E-state index contributed by atoms with van der Waals surface area (Å²) in [5.41, 5.74) is 2.25. The van der Waals surface area contributed by atoms with Gasteiger partial charge in [-0.25, -0.2) is 0 Å². The maximum atomic E-state index is 10.2. The quantitative estimate of drug-likeness (QED) is 0.800. The summed E-state index contributed by atoms with van der Waals surface area (Å²) in [5.74, 6) is 0. The minimum atomic E-state index is -0.459. The van der Waals surface area contributed by atoms with E-state index in [2.05, 4.69) is 36.5 Å². The summed E-state index contributed by atoms with van der Waals surface area (Å²) in [4.78, 5) is 0. The molecule has 2 atom stereocenters. The highest BCUT2D eigenvalue weighted by Crippen LogP contribution is 2.19. The molecule has 0 aliphatic rings. The van der Waals surface area contributed by atoms with Gasteiger partial charge in [-0.15, -0.1) is 0 Å². The number of benzene rings is 2. The van der Waals surface area contributed by atoms with Crippen LogP contribution >= 0.6 is 0 Å². The van der Waals surface area contributed by atoms with Gasteiger partial charge in [-0.05, 0) is 17.5 Å². The Balaban J connectivity index is 1.96. The first-order valence-electron chi connectivity index (χ1n) is 7.32. The first-order valence-corrected chi connectivity index (χ1v) is 7.32. The van der Waals surface area contributed by atoms with Crippen LogP contribution in [0, 0.1) is 0 Å². The lowest BCUT2D eigenvalue weighted by Crippen LogP contribution is -2.26. The molecular formula is C18H23NO. The molecule has 2 N–H and O–H groups in total. The molecule has 2 heteroatoms. The summed E-state index contributed by atoms with van der Waals surface area (Å²) in [6.45, 7) is 2.76. The second-order valence-corrected chi connectivity index (χ2v) is 5.09. The van der Waals surface area contributed by atoms with Crippen LogP contribution in [-0.4, -0.2) is 11.7 Å². The average molecular weight is 269 g/mol. The first-order chi connectivity index (χ1) is 9.81. The summed E-state index contributed by atoms with van der Waals surface area (Å²) in [7, 11) is 0. The van der Waals surface area contributed by atoms with Gasteiger partial charge < -0.3 is 10.4 Å². The summed E-state index contributed by atoms with van der Waals surface area (Å²) >= 11 is 0. The van der Waals surface area contributed by atoms with Crippen molar-refractivity contribution in [3.63, 3.8) is 0 Å². The molecule has 0 aromatic heterocycles. The van der Waals surface area contributed by atoms with E-state index in [1.165, 1.54) is 5.56 Å². The van der Waals surface area contributed by atoms with E-state index in [9.17, 15) is 5.11 Å². The number of aliphatic hydroxyl groups is 1. The fourth-order valence-electron chi connectivity index (χ4n) is 2.41. The number of rotatable bonds is 7. The van der Waals surface area contributed by atoms with Crippen LogP contribution in [0.4, 0.5) is 0 Å². The van der Waals surface area contributed by atoms with E-state index in [1.54, 1.807) is 0 Å². The Bertz CT molecular complexity index is 483. The van der Waals surface area contributed by atoms with Gasteiger partial charge in [-0.3, -0.25) is 0 Å². The van der Waals surface area contributed by atoms with E-state index in [4.69, 9.17) is 0 Å². The Morgan fingerprint density at radius 3 is 2.00 bits per heavy atom. The number of hydrogen-bond acceptors (Lipinski definition) is 2. The molecule has 2 rings (SSSR count). The summed E-state index contributed by atoms with van der Waals surface area (Å²) in [6, 6.07) is 20.6. The van der Waals surface area contributed by atoms with Gasteiger partial charge in [0.2, 0.25) is 0 Å². The third-order valence-electron chi connectivity index (χ3n) is 3.52. The fourth-order valence-corrected chi connectivity index (χ4v) is 2.41. The van der Waals surface area contributed by atoms with Crippen molar-refractivity contribution in [2.75, 3.05) is 6.54 Å². The molecule has 0 saturated carbocycles. The average Bonchev–Trinajstić information content (AvgIpc) is 2.53. The molecule has 0 bridgehead atoms. The van der Waals surface area contributed by atoms with Crippen LogP contribution in [0.2, 0.25) is 0 Å². The second kappa shape index (κ2) is 7.83. The predicted molar refractivity (Wildman–Crippen MR) is 83.5 cm³/mol. The zero-order valence-electron chi connectivity index (χ0n) is 12.0. The van der Waals surface area contributed by atoms with Gasteiger partial charge in [0.15, 0.2) is 0 Å². The predicted octanol–water partition coefficient (Wildman–Crippen LogP) is 3.85. The highest BCUT2D eigenvalue weighted by atomic mass is 16.3. The van der Waals surface area contributed by atoms with E-state index in [0.29, 0.717) is 12.6 Å². The molecule has 20 heavy (non-hydrogen) atoms. The van der Waals surface area contributed by atoms with Gasteiger partial charge in [0.05, 0.1) is 6.10 Å². The number of aliphatic hydroxyl groups excluding tert-OH is 1. The third kappa shape index (κ3) is 4.19. The van der Waals surface area contributed by atoms with Gasteiger partial charge in [0.25, 0.3) is 0 Å². The van der Waals surface area contributed by atoms with E-state index >= 15 is 0 Å². The normalized spacial score (nSPS) is 13.9. The molecule has 0 heterocycles. The van der Waals surface area contributed by atoms with Gasteiger partial charge in [0, 0.05) is 12.6 Å². The maximum Gasteiger partial charge on any atom is 0.0914 e. The molecule has 2 nitrogen and oxygen atoms in total. The molecule has 0 aliphatic heterocycles. The van der Waals surface area contributed by atoms with Crippen LogP contribution in [0.25, 0.3) is 0 Å². The summed E-state index contributed by atoms with van der Waals surface area (Å²) in [6.07, 6.45) is 1.73. The summed E-state index contributed by atoms with van der Waals surface area (Å²) in [5, 5.41) is 13.7. The van der Waals surface area contributed by atoms with Gasteiger partial charge >= 0.3 is 0 Å². The Hall–Kier alpha value is -1.64. The smallest absolute Gasteiger partial charge is 0.0914 e. The van der Waals surface area contributed by atoms with Crippen LogP contribution in [0.1, 0.15) is 43.0 Å². The molecule has 0 amide bonds. The van der Waals surface area contributed by atoms with E-state index in [0.717, 1.165) is 18.4 Å². The van der Waals surface area contributed by atoms with Crippen molar-refractivity contribution < 1.29 is 5.11 Å². The zero-order valence-corrected chi connectivity index (χ0v) is 12.0. The topological polar surface area (TPSA) is 32.3 Å². The molecule has 2 aromatic carbocycles. The summed E-state index contributed by atoms with van der Waals surface area (Å²) < 4.78 is 0. The highest BCUT2D eigenvalue weighted by Gasteiger charge is 2.13. The van der Waals surface area contributed by atoms with Crippen LogP contribution in [-0.2, 0) is 0 Å². The van der Waals surface area contributed by atoms with Crippen molar-refractivity contribution in [1.29, 1.82) is 0 Å². The molecule has 0 fully saturated rings. The molecule has 0 spiro atoms. The molecule has 0 saturated heterocycles. The Morgan fingerprint density at radius 2 is 1.45 bits per heavy atom. The Morgan fingerprint density at radius 1 is 0.900 bits per heavy atom. The zero-order chi connectivity index (χ0) is 14.2. The number of nitrogens with one attached hydrogen (secondary N) is 1. The van der Waals surface area contributed by atoms with E-state index in [1.807, 2.05) is 36.4 Å². The monoisotopic (exact) mass is 269 g/mol. The SMILES string of the molecule is CCCC(NCC(O)c1ccccc1)c1ccccc1. The largest absolute Gasteiger partial charge is 0.387 e. The van der Waals surface area contributed by atoms with Crippen molar-refractivity contribution in [3.8, 4) is 0 Å². The van der Waals surface area contributed by atoms with Crippen molar-refractivity contribution in [3.05, 3.63) is 71.8 Å². The Kier molecular flexibility index (Phi) is 5.78. The van der Waals surface area contributed by atoms with Crippen molar-refractivity contribution in [1.82, 2.24) is 5.32 Å². The maximum absolute atomic E-state index is 10.2. The van der Waals surface area contributed by atoms with Crippen molar-refractivity contribution in [2.24, 2.45) is 0 Å². The van der Waals surface area contributed by atoms with Crippen LogP contribution in [0.5, 0.6) is 0 Å². The third-order valence-corrected chi connectivity index (χ3v) is 3.52.